The summed E-state index contributed by atoms with van der Waals surface area (Å²) in [5, 5.41) is 3.30. The Bertz CT molecular complexity index is 341. The highest BCUT2D eigenvalue weighted by Crippen LogP contribution is 2.26. The van der Waals surface area contributed by atoms with Crippen LogP contribution in [0.1, 0.15) is 25.5 Å². The van der Waals surface area contributed by atoms with Crippen molar-refractivity contribution in [1.82, 2.24) is 5.32 Å². The summed E-state index contributed by atoms with van der Waals surface area (Å²) in [4.78, 5) is 1.34. The molecule has 1 atom stereocenters. The average Bonchev–Trinajstić information content (AvgIpc) is 2.27. The van der Waals surface area contributed by atoms with Crippen LogP contribution in [0.25, 0.3) is 0 Å². The zero-order chi connectivity index (χ0) is 11.1. The smallest absolute Gasteiger partial charge is 0.0578 e. The average molecular weight is 219 g/mol. The van der Waals surface area contributed by atoms with E-state index >= 15 is 0 Å². The van der Waals surface area contributed by atoms with Crippen LogP contribution in [-0.4, -0.2) is 12.3 Å². The number of terminal acetylenes is 1. The minimum atomic E-state index is 0.316. The van der Waals surface area contributed by atoms with Gasteiger partial charge in [0.25, 0.3) is 0 Å². The topological polar surface area (TPSA) is 12.0 Å². The minimum Gasteiger partial charge on any atom is -0.300 e. The van der Waals surface area contributed by atoms with E-state index < -0.39 is 0 Å². The monoisotopic (exact) mass is 219 g/mol. The second-order valence-electron chi connectivity index (χ2n) is 3.28. The maximum absolute atomic E-state index is 5.23. The van der Waals surface area contributed by atoms with Crippen molar-refractivity contribution in [3.63, 3.8) is 0 Å². The van der Waals surface area contributed by atoms with E-state index in [2.05, 4.69) is 49.4 Å². The number of hydrogen-bond acceptors (Lipinski definition) is 2. The molecular weight excluding hydrogens is 202 g/mol. The van der Waals surface area contributed by atoms with Gasteiger partial charge in [-0.1, -0.05) is 31.0 Å². The fourth-order valence-corrected chi connectivity index (χ4v) is 2.34. The molecule has 1 unspecified atom stereocenters. The van der Waals surface area contributed by atoms with Crippen molar-refractivity contribution >= 4 is 11.8 Å². The standard InChI is InChI=1S/C13H17NS/c1-4-10-14-11(3)12-8-6-7-9-13(12)15-5-2/h1,6-9,11,14H,5,10H2,2-3H3. The summed E-state index contributed by atoms with van der Waals surface area (Å²) in [5.41, 5.74) is 1.33. The molecule has 1 nitrogen and oxygen atoms in total. The van der Waals surface area contributed by atoms with E-state index in [1.807, 2.05) is 11.8 Å². The lowest BCUT2D eigenvalue weighted by atomic mass is 10.1. The Labute approximate surface area is 96.7 Å². The lowest BCUT2D eigenvalue weighted by molar-refractivity contribution is 0.614. The molecule has 1 rings (SSSR count). The van der Waals surface area contributed by atoms with E-state index in [9.17, 15) is 0 Å². The quantitative estimate of drug-likeness (QED) is 0.603. The molecule has 15 heavy (non-hydrogen) atoms. The third-order valence-electron chi connectivity index (χ3n) is 2.20. The molecule has 0 aliphatic rings. The molecule has 0 aromatic heterocycles. The van der Waals surface area contributed by atoms with Gasteiger partial charge in [0.15, 0.2) is 0 Å². The zero-order valence-electron chi connectivity index (χ0n) is 9.29. The molecule has 0 saturated heterocycles. The highest BCUT2D eigenvalue weighted by Gasteiger charge is 2.08. The Balaban J connectivity index is 2.78. The Kier molecular flexibility index (Phi) is 5.31. The SMILES string of the molecule is C#CCNC(C)c1ccccc1SCC. The normalized spacial score (nSPS) is 12.1. The summed E-state index contributed by atoms with van der Waals surface area (Å²) in [5.74, 6) is 3.70. The Morgan fingerprint density at radius 2 is 2.20 bits per heavy atom. The number of thioether (sulfide) groups is 1. The van der Waals surface area contributed by atoms with Crippen molar-refractivity contribution in [2.24, 2.45) is 0 Å². The van der Waals surface area contributed by atoms with E-state index in [1.165, 1.54) is 10.5 Å². The molecule has 0 aliphatic heterocycles. The first-order chi connectivity index (χ1) is 7.29. The third kappa shape index (κ3) is 3.62. The van der Waals surface area contributed by atoms with Crippen molar-refractivity contribution in [3.8, 4) is 12.3 Å². The van der Waals surface area contributed by atoms with Crippen LogP contribution in [0.3, 0.4) is 0 Å². The van der Waals surface area contributed by atoms with E-state index in [0.29, 0.717) is 12.6 Å². The number of hydrogen-bond donors (Lipinski definition) is 1. The number of rotatable bonds is 5. The van der Waals surface area contributed by atoms with Gasteiger partial charge >= 0.3 is 0 Å². The van der Waals surface area contributed by atoms with Crippen molar-refractivity contribution < 1.29 is 0 Å². The molecule has 0 heterocycles. The highest BCUT2D eigenvalue weighted by molar-refractivity contribution is 7.99. The molecule has 2 heteroatoms. The maximum atomic E-state index is 5.23. The Morgan fingerprint density at radius 3 is 2.87 bits per heavy atom. The van der Waals surface area contributed by atoms with E-state index in [-0.39, 0.29) is 0 Å². The summed E-state index contributed by atoms with van der Waals surface area (Å²) in [6.07, 6.45) is 5.23. The van der Waals surface area contributed by atoms with E-state index in [1.54, 1.807) is 0 Å². The summed E-state index contributed by atoms with van der Waals surface area (Å²) in [7, 11) is 0. The summed E-state index contributed by atoms with van der Waals surface area (Å²) in [6, 6.07) is 8.79. The van der Waals surface area contributed by atoms with Gasteiger partial charge in [0.1, 0.15) is 0 Å². The predicted octanol–water partition coefficient (Wildman–Crippen LogP) is 3.08. The lowest BCUT2D eigenvalue weighted by Gasteiger charge is -2.16. The molecule has 0 fully saturated rings. The van der Waals surface area contributed by atoms with Crippen LogP contribution in [0.5, 0.6) is 0 Å². The first kappa shape index (κ1) is 12.2. The first-order valence-electron chi connectivity index (χ1n) is 5.18. The summed E-state index contributed by atoms with van der Waals surface area (Å²) in [6.45, 7) is 4.93. The second kappa shape index (κ2) is 6.55. The molecule has 80 valence electrons. The molecule has 1 N–H and O–H groups in total. The van der Waals surface area contributed by atoms with Gasteiger partial charge in [0.05, 0.1) is 6.54 Å². The van der Waals surface area contributed by atoms with E-state index in [4.69, 9.17) is 6.42 Å². The summed E-state index contributed by atoms with van der Waals surface area (Å²) < 4.78 is 0. The van der Waals surface area contributed by atoms with Gasteiger partial charge in [0, 0.05) is 10.9 Å². The third-order valence-corrected chi connectivity index (χ3v) is 3.17. The number of benzene rings is 1. The molecule has 0 spiro atoms. The van der Waals surface area contributed by atoms with Crippen LogP contribution in [0, 0.1) is 12.3 Å². The maximum Gasteiger partial charge on any atom is 0.0578 e. The van der Waals surface area contributed by atoms with Crippen LogP contribution in [0.15, 0.2) is 29.2 Å². The largest absolute Gasteiger partial charge is 0.300 e. The molecule has 0 saturated carbocycles. The van der Waals surface area contributed by atoms with Gasteiger partial charge in [-0.15, -0.1) is 18.2 Å². The zero-order valence-corrected chi connectivity index (χ0v) is 10.1. The van der Waals surface area contributed by atoms with Crippen LogP contribution in [0.4, 0.5) is 0 Å². The Hall–Kier alpha value is -0.910. The van der Waals surface area contributed by atoms with Crippen LogP contribution >= 0.6 is 11.8 Å². The molecular formula is C13H17NS. The van der Waals surface area contributed by atoms with Gasteiger partial charge < -0.3 is 0 Å². The molecule has 0 amide bonds. The molecule has 1 aromatic carbocycles. The highest BCUT2D eigenvalue weighted by atomic mass is 32.2. The number of nitrogens with one attached hydrogen (secondary N) is 1. The van der Waals surface area contributed by atoms with Gasteiger partial charge in [-0.05, 0) is 24.3 Å². The fourth-order valence-electron chi connectivity index (χ4n) is 1.45. The van der Waals surface area contributed by atoms with Gasteiger partial charge in [-0.25, -0.2) is 0 Å². The van der Waals surface area contributed by atoms with Crippen molar-refractivity contribution in [2.45, 2.75) is 24.8 Å². The molecule has 1 aromatic rings. The van der Waals surface area contributed by atoms with Crippen LogP contribution in [-0.2, 0) is 0 Å². The van der Waals surface area contributed by atoms with Crippen molar-refractivity contribution in [1.29, 1.82) is 0 Å². The predicted molar refractivity (Wildman–Crippen MR) is 68.1 cm³/mol. The first-order valence-corrected chi connectivity index (χ1v) is 6.16. The van der Waals surface area contributed by atoms with Crippen LogP contribution in [0.2, 0.25) is 0 Å². The molecule has 0 bridgehead atoms. The van der Waals surface area contributed by atoms with E-state index in [0.717, 1.165) is 5.75 Å². The minimum absolute atomic E-state index is 0.316. The lowest BCUT2D eigenvalue weighted by Crippen LogP contribution is -2.19. The van der Waals surface area contributed by atoms with Gasteiger partial charge in [-0.2, -0.15) is 0 Å². The van der Waals surface area contributed by atoms with Gasteiger partial charge in [-0.3, -0.25) is 5.32 Å². The van der Waals surface area contributed by atoms with Gasteiger partial charge in [0.2, 0.25) is 0 Å². The summed E-state index contributed by atoms with van der Waals surface area (Å²) >= 11 is 1.87. The molecule has 0 radical (unpaired) electrons. The molecule has 0 aliphatic carbocycles. The Morgan fingerprint density at radius 1 is 1.47 bits per heavy atom. The second-order valence-corrected chi connectivity index (χ2v) is 4.58. The fraction of sp³-hybridized carbons (Fsp3) is 0.385. The van der Waals surface area contributed by atoms with Crippen molar-refractivity contribution in [2.75, 3.05) is 12.3 Å². The van der Waals surface area contributed by atoms with Crippen molar-refractivity contribution in [3.05, 3.63) is 29.8 Å². The van der Waals surface area contributed by atoms with Crippen LogP contribution < -0.4 is 5.32 Å².